The minimum atomic E-state index is -3.32. The molecule has 0 aliphatic heterocycles. The maximum Gasteiger partial charge on any atom is 0.255 e. The molecule has 6 nitrogen and oxygen atoms in total. The molecule has 0 radical (unpaired) electrons. The van der Waals surface area contributed by atoms with Gasteiger partial charge in [-0.3, -0.25) is 9.52 Å². The van der Waals surface area contributed by atoms with Gasteiger partial charge in [0, 0.05) is 28.6 Å². The average Bonchev–Trinajstić information content (AvgIpc) is 2.72. The number of ether oxygens (including phenoxy) is 1. The van der Waals surface area contributed by atoms with Gasteiger partial charge in [-0.15, -0.1) is 0 Å². The Balaban J connectivity index is 2.10. The lowest BCUT2D eigenvalue weighted by Gasteiger charge is -2.25. The first-order chi connectivity index (χ1) is 15.5. The summed E-state index contributed by atoms with van der Waals surface area (Å²) in [6, 6.07) is 14.7. The second-order valence-corrected chi connectivity index (χ2v) is 10.6. The Kier molecular flexibility index (Phi) is 7.12. The Labute approximate surface area is 195 Å². The van der Waals surface area contributed by atoms with Gasteiger partial charge >= 0.3 is 0 Å². The predicted molar refractivity (Wildman–Crippen MR) is 136 cm³/mol. The van der Waals surface area contributed by atoms with Crippen molar-refractivity contribution in [2.75, 3.05) is 17.6 Å². The summed E-state index contributed by atoms with van der Waals surface area (Å²) in [6.45, 7) is 8.81. The van der Waals surface area contributed by atoms with Crippen molar-refractivity contribution >= 4 is 27.9 Å². The third kappa shape index (κ3) is 6.35. The average molecular weight is 467 g/mol. The molecule has 2 aromatic carbocycles. The second-order valence-electron chi connectivity index (χ2n) is 8.87. The van der Waals surface area contributed by atoms with Gasteiger partial charge in [-0.1, -0.05) is 45.1 Å². The van der Waals surface area contributed by atoms with Crippen LogP contribution in [0, 0.1) is 0 Å². The van der Waals surface area contributed by atoms with Crippen molar-refractivity contribution < 1.29 is 13.2 Å². The third-order valence-corrected chi connectivity index (χ3v) is 5.62. The van der Waals surface area contributed by atoms with E-state index in [4.69, 9.17) is 4.74 Å². The summed E-state index contributed by atoms with van der Waals surface area (Å²) in [6.07, 6.45) is 6.63. The van der Waals surface area contributed by atoms with Crippen molar-refractivity contribution in [2.45, 2.75) is 33.1 Å². The molecule has 7 heteroatoms. The minimum Gasteiger partial charge on any atom is -0.493 e. The highest BCUT2D eigenvalue weighted by atomic mass is 32.2. The van der Waals surface area contributed by atoms with E-state index in [1.165, 1.54) is 0 Å². The number of sulfonamides is 1. The fourth-order valence-corrected chi connectivity index (χ4v) is 4.07. The van der Waals surface area contributed by atoms with E-state index in [1.807, 2.05) is 55.5 Å². The van der Waals surface area contributed by atoms with Gasteiger partial charge in [0.2, 0.25) is 10.0 Å². The number of aromatic amines is 1. The van der Waals surface area contributed by atoms with Crippen LogP contribution in [0.2, 0.25) is 0 Å². The van der Waals surface area contributed by atoms with Gasteiger partial charge in [0.15, 0.2) is 0 Å². The van der Waals surface area contributed by atoms with E-state index < -0.39 is 10.0 Å². The van der Waals surface area contributed by atoms with Gasteiger partial charge in [0.05, 0.1) is 12.9 Å². The van der Waals surface area contributed by atoms with Crippen LogP contribution in [0.5, 0.6) is 5.75 Å². The number of hydrogen-bond donors (Lipinski definition) is 2. The Hall–Kier alpha value is -3.32. The highest BCUT2D eigenvalue weighted by Crippen LogP contribution is 2.38. The van der Waals surface area contributed by atoms with E-state index in [0.29, 0.717) is 17.9 Å². The van der Waals surface area contributed by atoms with Gasteiger partial charge in [0.1, 0.15) is 5.75 Å². The third-order valence-electron chi connectivity index (χ3n) is 5.01. The summed E-state index contributed by atoms with van der Waals surface area (Å²) in [4.78, 5) is 15.2. The summed E-state index contributed by atoms with van der Waals surface area (Å²) in [5, 5.41) is 0. The van der Waals surface area contributed by atoms with Gasteiger partial charge in [-0.05, 0) is 59.9 Å². The summed E-state index contributed by atoms with van der Waals surface area (Å²) < 4.78 is 31.4. The number of rotatable bonds is 7. The van der Waals surface area contributed by atoms with E-state index in [0.717, 1.165) is 34.3 Å². The summed E-state index contributed by atoms with van der Waals surface area (Å²) in [5.74, 6) is 0.785. The molecular formula is C26H30N2O4S. The molecule has 0 saturated heterocycles. The molecule has 0 fully saturated rings. The fourth-order valence-electron chi connectivity index (χ4n) is 3.50. The van der Waals surface area contributed by atoms with E-state index >= 15 is 0 Å². The molecule has 0 bridgehead atoms. The van der Waals surface area contributed by atoms with E-state index in [-0.39, 0.29) is 11.0 Å². The molecule has 0 unspecified atom stereocenters. The van der Waals surface area contributed by atoms with Crippen LogP contribution in [0.3, 0.4) is 0 Å². The molecule has 0 spiro atoms. The summed E-state index contributed by atoms with van der Waals surface area (Å²) in [7, 11) is -3.32. The number of anilines is 1. The van der Waals surface area contributed by atoms with Gasteiger partial charge in [0.25, 0.3) is 5.56 Å². The molecular weight excluding hydrogens is 436 g/mol. The molecule has 2 N–H and O–H groups in total. The largest absolute Gasteiger partial charge is 0.493 e. The molecule has 33 heavy (non-hydrogen) atoms. The molecule has 3 aromatic rings. The Bertz CT molecular complexity index is 1320. The lowest BCUT2D eigenvalue weighted by Crippen LogP contribution is -2.15. The van der Waals surface area contributed by atoms with Crippen LogP contribution >= 0.6 is 0 Å². The van der Waals surface area contributed by atoms with Crippen LogP contribution in [0.4, 0.5) is 5.69 Å². The van der Waals surface area contributed by atoms with Crippen LogP contribution in [0.15, 0.2) is 59.5 Å². The number of aromatic nitrogens is 1. The molecule has 3 rings (SSSR count). The van der Waals surface area contributed by atoms with Crippen LogP contribution < -0.4 is 15.0 Å². The standard InChI is InChI=1S/C26H30N2O4S/c1-6-32-24-19(12-9-18-10-13-21(14-11-18)28-33(5,30)31)16-20(17-23(24)26(2,3)4)22-8-7-15-27-25(22)29/h7-17,28H,6H2,1-5H3,(H,27,29)/b12-9+. The molecule has 174 valence electrons. The monoisotopic (exact) mass is 466 g/mol. The fraction of sp³-hybridized carbons (Fsp3) is 0.269. The molecule has 0 aliphatic rings. The minimum absolute atomic E-state index is 0.148. The SMILES string of the molecule is CCOc1c(/C=C/c2ccc(NS(C)(=O)=O)cc2)cc(-c2ccc[nH]c2=O)cc1C(C)(C)C. The Morgan fingerprint density at radius 3 is 2.33 bits per heavy atom. The Morgan fingerprint density at radius 2 is 1.76 bits per heavy atom. The maximum atomic E-state index is 12.5. The second kappa shape index (κ2) is 9.67. The first kappa shape index (κ1) is 24.3. The smallest absolute Gasteiger partial charge is 0.255 e. The lowest BCUT2D eigenvalue weighted by atomic mass is 9.83. The topological polar surface area (TPSA) is 88.3 Å². The lowest BCUT2D eigenvalue weighted by molar-refractivity contribution is 0.329. The quantitative estimate of drug-likeness (QED) is 0.464. The summed E-state index contributed by atoms with van der Waals surface area (Å²) >= 11 is 0. The van der Waals surface area contributed by atoms with Gasteiger partial charge < -0.3 is 9.72 Å². The zero-order chi connectivity index (χ0) is 24.2. The van der Waals surface area contributed by atoms with Crippen molar-refractivity contribution in [1.29, 1.82) is 0 Å². The van der Waals surface area contributed by atoms with Crippen LogP contribution in [0.1, 0.15) is 44.4 Å². The highest BCUT2D eigenvalue weighted by molar-refractivity contribution is 7.92. The number of H-pyrrole nitrogens is 1. The molecule has 0 amide bonds. The van der Waals surface area contributed by atoms with Crippen LogP contribution in [-0.2, 0) is 15.4 Å². The van der Waals surface area contributed by atoms with Crippen molar-refractivity contribution in [1.82, 2.24) is 4.98 Å². The number of hydrogen-bond acceptors (Lipinski definition) is 4. The molecule has 1 heterocycles. The van der Waals surface area contributed by atoms with Gasteiger partial charge in [-0.25, -0.2) is 8.42 Å². The molecule has 0 saturated carbocycles. The molecule has 1 aromatic heterocycles. The van der Waals surface area contributed by atoms with Crippen LogP contribution in [0.25, 0.3) is 23.3 Å². The number of pyridine rings is 1. The first-order valence-corrected chi connectivity index (χ1v) is 12.6. The normalized spacial score (nSPS) is 12.2. The van der Waals surface area contributed by atoms with Crippen molar-refractivity contribution in [2.24, 2.45) is 0 Å². The number of benzene rings is 2. The van der Waals surface area contributed by atoms with Gasteiger partial charge in [-0.2, -0.15) is 0 Å². The van der Waals surface area contributed by atoms with E-state index in [1.54, 1.807) is 18.3 Å². The van der Waals surface area contributed by atoms with Crippen molar-refractivity contribution in [3.63, 3.8) is 0 Å². The van der Waals surface area contributed by atoms with Crippen molar-refractivity contribution in [3.8, 4) is 16.9 Å². The zero-order valence-corrected chi connectivity index (χ0v) is 20.4. The van der Waals surface area contributed by atoms with Crippen molar-refractivity contribution in [3.05, 3.63) is 81.8 Å². The first-order valence-electron chi connectivity index (χ1n) is 10.7. The highest BCUT2D eigenvalue weighted by Gasteiger charge is 2.23. The Morgan fingerprint density at radius 1 is 1.06 bits per heavy atom. The zero-order valence-electron chi connectivity index (χ0n) is 19.6. The molecule has 0 atom stereocenters. The van der Waals surface area contributed by atoms with E-state index in [2.05, 4.69) is 30.5 Å². The maximum absolute atomic E-state index is 12.5. The van der Waals surface area contributed by atoms with Crippen LogP contribution in [-0.4, -0.2) is 26.3 Å². The predicted octanol–water partition coefficient (Wildman–Crippen LogP) is 5.28. The number of nitrogens with one attached hydrogen (secondary N) is 2. The molecule has 0 aliphatic carbocycles. The van der Waals surface area contributed by atoms with E-state index in [9.17, 15) is 13.2 Å². The summed E-state index contributed by atoms with van der Waals surface area (Å²) in [5.41, 5.74) is 4.34.